The minimum absolute atomic E-state index is 0.126. The van der Waals surface area contributed by atoms with E-state index in [0.29, 0.717) is 11.7 Å². The van der Waals surface area contributed by atoms with E-state index >= 15 is 0 Å². The van der Waals surface area contributed by atoms with E-state index in [-0.39, 0.29) is 17.3 Å². The first-order valence-electron chi connectivity index (χ1n) is 8.72. The highest BCUT2D eigenvalue weighted by atomic mass is 32.2. The molecule has 0 unspecified atom stereocenters. The molecule has 7 heteroatoms. The number of aryl methyl sites for hydroxylation is 2. The van der Waals surface area contributed by atoms with E-state index in [1.54, 1.807) is 4.57 Å². The Balaban J connectivity index is 1.60. The lowest BCUT2D eigenvalue weighted by atomic mass is 10.1. The van der Waals surface area contributed by atoms with Gasteiger partial charge in [0.2, 0.25) is 5.91 Å². The SMILES string of the molecule is Cc1cccc(NC(=O)CSc2n[nH]c(=O)n2CCc2ccccc2)c1C. The summed E-state index contributed by atoms with van der Waals surface area (Å²) in [4.78, 5) is 24.3. The molecular weight excluding hydrogens is 360 g/mol. The fraction of sp³-hybridized carbons (Fsp3) is 0.250. The van der Waals surface area contributed by atoms with Crippen LogP contribution in [0.3, 0.4) is 0 Å². The lowest BCUT2D eigenvalue weighted by Gasteiger charge is -2.10. The van der Waals surface area contributed by atoms with Gasteiger partial charge in [-0.05, 0) is 43.0 Å². The van der Waals surface area contributed by atoms with Crippen LogP contribution in [-0.4, -0.2) is 26.4 Å². The Morgan fingerprint density at radius 1 is 1.15 bits per heavy atom. The van der Waals surface area contributed by atoms with Gasteiger partial charge in [0.25, 0.3) is 0 Å². The predicted octanol–water partition coefficient (Wildman–Crippen LogP) is 3.16. The molecule has 2 N–H and O–H groups in total. The highest BCUT2D eigenvalue weighted by molar-refractivity contribution is 7.99. The first-order valence-corrected chi connectivity index (χ1v) is 9.71. The van der Waals surface area contributed by atoms with E-state index in [9.17, 15) is 9.59 Å². The van der Waals surface area contributed by atoms with E-state index in [0.717, 1.165) is 28.8 Å². The molecule has 3 rings (SSSR count). The molecule has 0 fully saturated rings. The molecule has 0 aliphatic rings. The summed E-state index contributed by atoms with van der Waals surface area (Å²) in [6.45, 7) is 4.50. The summed E-state index contributed by atoms with van der Waals surface area (Å²) in [7, 11) is 0. The molecule has 0 aliphatic heterocycles. The van der Waals surface area contributed by atoms with Crippen LogP contribution >= 0.6 is 11.8 Å². The van der Waals surface area contributed by atoms with Crippen LogP contribution in [0.1, 0.15) is 16.7 Å². The molecule has 1 heterocycles. The summed E-state index contributed by atoms with van der Waals surface area (Å²) in [5.41, 5.74) is 3.87. The van der Waals surface area contributed by atoms with E-state index < -0.39 is 0 Å². The fourth-order valence-corrected chi connectivity index (χ4v) is 3.47. The van der Waals surface area contributed by atoms with Crippen molar-refractivity contribution in [1.29, 1.82) is 0 Å². The number of amides is 1. The third kappa shape index (κ3) is 4.89. The van der Waals surface area contributed by atoms with Gasteiger partial charge in [0.05, 0.1) is 5.75 Å². The van der Waals surface area contributed by atoms with Gasteiger partial charge >= 0.3 is 5.69 Å². The van der Waals surface area contributed by atoms with E-state index in [1.807, 2.05) is 62.4 Å². The van der Waals surface area contributed by atoms with Gasteiger partial charge in [-0.3, -0.25) is 9.36 Å². The minimum Gasteiger partial charge on any atom is -0.325 e. The molecule has 140 valence electrons. The van der Waals surface area contributed by atoms with Crippen LogP contribution in [0, 0.1) is 13.8 Å². The molecule has 0 atom stereocenters. The Morgan fingerprint density at radius 3 is 2.70 bits per heavy atom. The fourth-order valence-electron chi connectivity index (χ4n) is 2.70. The predicted molar refractivity (Wildman–Crippen MR) is 108 cm³/mol. The second-order valence-corrected chi connectivity index (χ2v) is 7.23. The molecule has 2 aromatic carbocycles. The molecule has 6 nitrogen and oxygen atoms in total. The van der Waals surface area contributed by atoms with Crippen LogP contribution in [0.5, 0.6) is 0 Å². The lowest BCUT2D eigenvalue weighted by molar-refractivity contribution is -0.113. The smallest absolute Gasteiger partial charge is 0.325 e. The summed E-state index contributed by atoms with van der Waals surface area (Å²) >= 11 is 1.25. The zero-order valence-electron chi connectivity index (χ0n) is 15.4. The normalized spacial score (nSPS) is 10.7. The Morgan fingerprint density at radius 2 is 1.93 bits per heavy atom. The molecule has 1 amide bonds. The topological polar surface area (TPSA) is 79.8 Å². The van der Waals surface area contributed by atoms with Crippen molar-refractivity contribution in [3.8, 4) is 0 Å². The number of aromatic amines is 1. The number of nitrogens with zero attached hydrogens (tertiary/aromatic N) is 2. The van der Waals surface area contributed by atoms with Crippen molar-refractivity contribution in [3.05, 3.63) is 75.7 Å². The van der Waals surface area contributed by atoms with Crippen LogP contribution in [0.15, 0.2) is 58.5 Å². The van der Waals surface area contributed by atoms with E-state index in [4.69, 9.17) is 0 Å². The standard InChI is InChI=1S/C20H22N4O2S/c1-14-7-6-10-17(15(14)2)21-18(25)13-27-20-23-22-19(26)24(20)12-11-16-8-4-3-5-9-16/h3-10H,11-13H2,1-2H3,(H,21,25)(H,22,26). The van der Waals surface area contributed by atoms with Gasteiger partial charge in [0, 0.05) is 12.2 Å². The van der Waals surface area contributed by atoms with Gasteiger partial charge in [-0.25, -0.2) is 9.89 Å². The number of nitrogens with one attached hydrogen (secondary N) is 2. The van der Waals surface area contributed by atoms with Crippen LogP contribution in [0.4, 0.5) is 5.69 Å². The molecule has 0 spiro atoms. The van der Waals surface area contributed by atoms with Crippen LogP contribution in [0.25, 0.3) is 0 Å². The van der Waals surface area contributed by atoms with Crippen LogP contribution in [-0.2, 0) is 17.8 Å². The highest BCUT2D eigenvalue weighted by Crippen LogP contribution is 2.19. The van der Waals surface area contributed by atoms with E-state index in [2.05, 4.69) is 15.5 Å². The molecule has 3 aromatic rings. The number of hydrogen-bond donors (Lipinski definition) is 2. The first kappa shape index (κ1) is 19.0. The maximum atomic E-state index is 12.3. The van der Waals surface area contributed by atoms with Gasteiger partial charge < -0.3 is 5.32 Å². The Kier molecular flexibility index (Phi) is 6.13. The summed E-state index contributed by atoms with van der Waals surface area (Å²) in [5.74, 6) is 0.0574. The molecule has 0 bridgehead atoms. The maximum Gasteiger partial charge on any atom is 0.343 e. The Labute approximate surface area is 162 Å². The van der Waals surface area contributed by atoms with E-state index in [1.165, 1.54) is 11.8 Å². The summed E-state index contributed by atoms with van der Waals surface area (Å²) < 4.78 is 1.57. The zero-order valence-corrected chi connectivity index (χ0v) is 16.2. The molecular formula is C20H22N4O2S. The summed E-state index contributed by atoms with van der Waals surface area (Å²) in [5, 5.41) is 9.96. The van der Waals surface area contributed by atoms with Gasteiger partial charge in [0.15, 0.2) is 5.16 Å². The minimum atomic E-state index is -0.261. The monoisotopic (exact) mass is 382 g/mol. The van der Waals surface area contributed by atoms with Crippen molar-refractivity contribution in [1.82, 2.24) is 14.8 Å². The van der Waals surface area contributed by atoms with Gasteiger partial charge in [-0.2, -0.15) is 0 Å². The number of hydrogen-bond acceptors (Lipinski definition) is 4. The second-order valence-electron chi connectivity index (χ2n) is 6.28. The largest absolute Gasteiger partial charge is 0.343 e. The molecule has 1 aromatic heterocycles. The molecule has 0 aliphatic carbocycles. The lowest BCUT2D eigenvalue weighted by Crippen LogP contribution is -2.20. The average molecular weight is 382 g/mol. The zero-order chi connectivity index (χ0) is 19.2. The van der Waals surface area contributed by atoms with Crippen LogP contribution < -0.4 is 11.0 Å². The van der Waals surface area contributed by atoms with Crippen molar-refractivity contribution in [2.45, 2.75) is 32.0 Å². The van der Waals surface area contributed by atoms with Gasteiger partial charge in [-0.1, -0.05) is 54.2 Å². The van der Waals surface area contributed by atoms with Crippen molar-refractivity contribution in [2.24, 2.45) is 0 Å². The van der Waals surface area contributed by atoms with Crippen molar-refractivity contribution in [2.75, 3.05) is 11.1 Å². The van der Waals surface area contributed by atoms with Crippen LogP contribution in [0.2, 0.25) is 0 Å². The molecule has 0 saturated carbocycles. The number of anilines is 1. The van der Waals surface area contributed by atoms with Crippen molar-refractivity contribution < 1.29 is 4.79 Å². The summed E-state index contributed by atoms with van der Waals surface area (Å²) in [6, 6.07) is 15.8. The molecule has 0 radical (unpaired) electrons. The van der Waals surface area contributed by atoms with Crippen molar-refractivity contribution in [3.63, 3.8) is 0 Å². The second kappa shape index (κ2) is 8.73. The number of H-pyrrole nitrogens is 1. The number of benzene rings is 2. The number of rotatable bonds is 7. The van der Waals surface area contributed by atoms with Crippen molar-refractivity contribution >= 4 is 23.4 Å². The maximum absolute atomic E-state index is 12.3. The average Bonchev–Trinajstić information content (AvgIpc) is 3.02. The quantitative estimate of drug-likeness (QED) is 0.615. The Bertz CT molecular complexity index is 979. The van der Waals surface area contributed by atoms with Gasteiger partial charge in [-0.15, -0.1) is 5.10 Å². The number of carbonyl (C=O) groups is 1. The Hall–Kier alpha value is -2.80. The molecule has 0 saturated heterocycles. The van der Waals surface area contributed by atoms with Gasteiger partial charge in [0.1, 0.15) is 0 Å². The highest BCUT2D eigenvalue weighted by Gasteiger charge is 2.12. The first-order chi connectivity index (χ1) is 13.0. The number of thioether (sulfide) groups is 1. The molecule has 27 heavy (non-hydrogen) atoms. The third-order valence-corrected chi connectivity index (χ3v) is 5.38. The number of carbonyl (C=O) groups excluding carboxylic acids is 1. The third-order valence-electron chi connectivity index (χ3n) is 4.40. The summed E-state index contributed by atoms with van der Waals surface area (Å²) in [6.07, 6.45) is 0.725. The number of aromatic nitrogens is 3.